The molecular formula is C17H29NO7S. The molecule has 0 aliphatic carbocycles. The van der Waals surface area contributed by atoms with E-state index in [9.17, 15) is 18.3 Å². The number of ether oxygens (including phenoxy) is 2. The average Bonchev–Trinajstić information content (AvgIpc) is 2.46. The van der Waals surface area contributed by atoms with E-state index < -0.39 is 27.9 Å². The number of carbonyl (C=O) groups excluding carboxylic acids is 1. The lowest BCUT2D eigenvalue weighted by Crippen LogP contribution is -2.42. The van der Waals surface area contributed by atoms with Crippen LogP contribution in [0.2, 0.25) is 0 Å². The molecule has 0 aromatic heterocycles. The third kappa shape index (κ3) is 12.5. The highest BCUT2D eigenvalue weighted by Gasteiger charge is 2.19. The summed E-state index contributed by atoms with van der Waals surface area (Å²) in [6.07, 6.45) is 0.733. The van der Waals surface area contributed by atoms with Gasteiger partial charge in [0.1, 0.15) is 11.4 Å². The Morgan fingerprint density at radius 1 is 1.19 bits per heavy atom. The molecule has 0 saturated heterocycles. The molecule has 1 unspecified atom stereocenters. The number of carbonyl (C=O) groups is 1. The Morgan fingerprint density at radius 2 is 1.69 bits per heavy atom. The minimum Gasteiger partial charge on any atom is -0.444 e. The number of hydrogen-bond acceptors (Lipinski definition) is 7. The van der Waals surface area contributed by atoms with Crippen molar-refractivity contribution in [1.29, 1.82) is 0 Å². The molecule has 0 heterocycles. The van der Waals surface area contributed by atoms with Gasteiger partial charge in [-0.2, -0.15) is 8.42 Å². The van der Waals surface area contributed by atoms with Crippen molar-refractivity contribution in [3.63, 3.8) is 0 Å². The van der Waals surface area contributed by atoms with Gasteiger partial charge in [0.05, 0.1) is 18.9 Å². The summed E-state index contributed by atoms with van der Waals surface area (Å²) in [5.74, 6) is 0.205. The van der Waals surface area contributed by atoms with Crippen molar-refractivity contribution < 1.29 is 32.0 Å². The number of rotatable bonds is 6. The fourth-order valence-electron chi connectivity index (χ4n) is 1.78. The van der Waals surface area contributed by atoms with Crippen LogP contribution in [0.4, 0.5) is 4.79 Å². The number of nitrogens with one attached hydrogen (secondary N) is 1. The van der Waals surface area contributed by atoms with E-state index in [1.165, 1.54) is 12.1 Å². The number of alkyl carbamates (subject to hydrolysis) is 1. The summed E-state index contributed by atoms with van der Waals surface area (Å²) < 4.78 is 36.2. The summed E-state index contributed by atoms with van der Waals surface area (Å²) in [4.78, 5) is 11.7. The van der Waals surface area contributed by atoms with Crippen molar-refractivity contribution >= 4 is 16.2 Å². The van der Waals surface area contributed by atoms with Gasteiger partial charge in [-0.25, -0.2) is 4.79 Å². The van der Waals surface area contributed by atoms with Crippen LogP contribution in [0.1, 0.15) is 26.3 Å². The predicted octanol–water partition coefficient (Wildman–Crippen LogP) is 1.72. The van der Waals surface area contributed by atoms with Gasteiger partial charge in [-0.15, -0.1) is 0 Å². The Kier molecular flexibility index (Phi) is 10.2. The number of aliphatic hydroxyl groups excluding tert-OH is 1. The van der Waals surface area contributed by atoms with Crippen molar-refractivity contribution in [2.24, 2.45) is 0 Å². The Balaban J connectivity index is 0.00000194. The molecule has 0 saturated carbocycles. The molecule has 1 atom stereocenters. The second-order valence-corrected chi connectivity index (χ2v) is 8.14. The molecule has 150 valence electrons. The first-order valence-electron chi connectivity index (χ1n) is 7.89. The van der Waals surface area contributed by atoms with Gasteiger partial charge in [0.25, 0.3) is 0 Å². The normalized spacial score (nSPS) is 12.4. The van der Waals surface area contributed by atoms with Crippen LogP contribution in [0, 0.1) is 0 Å². The molecule has 0 bridgehead atoms. The van der Waals surface area contributed by atoms with Crippen LogP contribution in [-0.4, -0.2) is 58.3 Å². The van der Waals surface area contributed by atoms with Gasteiger partial charge in [0.2, 0.25) is 0 Å². The summed E-state index contributed by atoms with van der Waals surface area (Å²) in [7, 11) is -0.315. The van der Waals surface area contributed by atoms with Gasteiger partial charge in [0, 0.05) is 14.2 Å². The molecule has 1 rings (SSSR count). The monoisotopic (exact) mass is 391 g/mol. The molecule has 8 nitrogen and oxygen atoms in total. The smallest absolute Gasteiger partial charge is 0.407 e. The topological polar surface area (TPSA) is 111 Å². The molecule has 0 aliphatic heterocycles. The van der Waals surface area contributed by atoms with Crippen LogP contribution >= 0.6 is 0 Å². The second kappa shape index (κ2) is 11.0. The van der Waals surface area contributed by atoms with E-state index in [1.807, 2.05) is 0 Å². The van der Waals surface area contributed by atoms with E-state index >= 15 is 0 Å². The Labute approximate surface area is 155 Å². The van der Waals surface area contributed by atoms with Crippen LogP contribution in [0.5, 0.6) is 5.75 Å². The van der Waals surface area contributed by atoms with Crippen molar-refractivity contribution in [2.45, 2.75) is 38.8 Å². The fourth-order valence-corrected chi connectivity index (χ4v) is 2.24. The second-order valence-electron chi connectivity index (χ2n) is 6.57. The lowest BCUT2D eigenvalue weighted by molar-refractivity contribution is 0.0483. The molecular weight excluding hydrogens is 362 g/mol. The number of benzene rings is 1. The first-order valence-corrected chi connectivity index (χ1v) is 9.70. The quantitative estimate of drug-likeness (QED) is 0.710. The lowest BCUT2D eigenvalue weighted by Gasteiger charge is -2.22. The van der Waals surface area contributed by atoms with Gasteiger partial charge in [-0.05, 0) is 44.9 Å². The highest BCUT2D eigenvalue weighted by atomic mass is 32.2. The molecule has 9 heteroatoms. The first-order chi connectivity index (χ1) is 11.9. The molecule has 1 aromatic rings. The van der Waals surface area contributed by atoms with Crippen molar-refractivity contribution in [2.75, 3.05) is 27.1 Å². The third-order valence-electron chi connectivity index (χ3n) is 2.59. The Hall–Kier alpha value is -1.84. The first kappa shape index (κ1) is 24.2. The number of amides is 1. The zero-order valence-electron chi connectivity index (χ0n) is 16.1. The highest BCUT2D eigenvalue weighted by Crippen LogP contribution is 2.15. The molecule has 0 fully saturated rings. The lowest BCUT2D eigenvalue weighted by atomic mass is 10.1. The van der Waals surface area contributed by atoms with E-state index in [0.29, 0.717) is 6.42 Å². The van der Waals surface area contributed by atoms with Gasteiger partial charge < -0.3 is 24.1 Å². The molecule has 0 spiro atoms. The molecule has 2 N–H and O–H groups in total. The maximum atomic E-state index is 11.7. The van der Waals surface area contributed by atoms with Crippen LogP contribution in [0.3, 0.4) is 0 Å². The van der Waals surface area contributed by atoms with Gasteiger partial charge in [-0.1, -0.05) is 12.1 Å². The van der Waals surface area contributed by atoms with Crippen molar-refractivity contribution in [3.8, 4) is 5.75 Å². The standard InChI is InChI=1S/C15H23NO6S.C2H6O/c1-15(2,3)21-14(18)16-12(10-17)9-11-5-7-13(8-6-11)22-23(4,19)20;1-3-2/h5-8,12,17H,9-10H2,1-4H3,(H,16,18);1-2H3. The minimum absolute atomic E-state index is 0.205. The van der Waals surface area contributed by atoms with Gasteiger partial charge in [0.15, 0.2) is 0 Å². The van der Waals surface area contributed by atoms with Crippen molar-refractivity contribution in [1.82, 2.24) is 5.32 Å². The fraction of sp³-hybridized carbons (Fsp3) is 0.588. The minimum atomic E-state index is -3.56. The van der Waals surface area contributed by atoms with Crippen LogP contribution in [-0.2, 0) is 26.0 Å². The van der Waals surface area contributed by atoms with E-state index in [2.05, 4.69) is 10.1 Å². The summed E-state index contributed by atoms with van der Waals surface area (Å²) in [6, 6.07) is 5.85. The largest absolute Gasteiger partial charge is 0.444 e. The zero-order chi connectivity index (χ0) is 20.4. The summed E-state index contributed by atoms with van der Waals surface area (Å²) in [5, 5.41) is 12.0. The number of aliphatic hydroxyl groups is 1. The van der Waals surface area contributed by atoms with E-state index in [1.54, 1.807) is 47.1 Å². The average molecular weight is 391 g/mol. The third-order valence-corrected chi connectivity index (χ3v) is 3.09. The summed E-state index contributed by atoms with van der Waals surface area (Å²) in [5.41, 5.74) is 0.190. The van der Waals surface area contributed by atoms with E-state index in [-0.39, 0.29) is 12.4 Å². The molecule has 0 radical (unpaired) electrons. The predicted molar refractivity (Wildman–Crippen MR) is 98.8 cm³/mol. The molecule has 1 aromatic carbocycles. The Morgan fingerprint density at radius 3 is 2.08 bits per heavy atom. The summed E-state index contributed by atoms with van der Waals surface area (Å²) >= 11 is 0. The van der Waals surface area contributed by atoms with Crippen molar-refractivity contribution in [3.05, 3.63) is 29.8 Å². The number of hydrogen-bond donors (Lipinski definition) is 2. The SMILES string of the molecule is CC(C)(C)OC(=O)NC(CO)Cc1ccc(OS(C)(=O)=O)cc1.COC. The van der Waals surface area contributed by atoms with Crippen LogP contribution in [0.15, 0.2) is 24.3 Å². The number of methoxy groups -OCH3 is 1. The summed E-state index contributed by atoms with van der Waals surface area (Å²) in [6.45, 7) is 5.00. The molecule has 1 amide bonds. The van der Waals surface area contributed by atoms with E-state index in [4.69, 9.17) is 8.92 Å². The maximum Gasteiger partial charge on any atom is 0.407 e. The Bertz CT molecular complexity index is 636. The molecule has 0 aliphatic rings. The maximum absolute atomic E-state index is 11.7. The highest BCUT2D eigenvalue weighted by molar-refractivity contribution is 7.86. The van der Waals surface area contributed by atoms with Gasteiger partial charge >= 0.3 is 16.2 Å². The van der Waals surface area contributed by atoms with E-state index in [0.717, 1.165) is 11.8 Å². The van der Waals surface area contributed by atoms with Gasteiger partial charge in [-0.3, -0.25) is 0 Å². The van der Waals surface area contributed by atoms with Crippen LogP contribution < -0.4 is 9.50 Å². The van der Waals surface area contributed by atoms with Crippen LogP contribution in [0.25, 0.3) is 0 Å². The molecule has 26 heavy (non-hydrogen) atoms. The zero-order valence-corrected chi connectivity index (χ0v) is 16.9.